The van der Waals surface area contributed by atoms with Gasteiger partial charge in [-0.25, -0.2) is 0 Å². The predicted molar refractivity (Wildman–Crippen MR) is 33.3 cm³/mol. The lowest BCUT2D eigenvalue weighted by atomic mass is 9.84. The Hall–Kier alpha value is -0.0800. The second kappa shape index (κ2) is 1.70. The van der Waals surface area contributed by atoms with Gasteiger partial charge < -0.3 is 9.47 Å². The van der Waals surface area contributed by atoms with Gasteiger partial charge in [-0.3, -0.25) is 0 Å². The van der Waals surface area contributed by atoms with E-state index in [-0.39, 0.29) is 0 Å². The molecule has 2 rings (SSSR count). The first-order chi connectivity index (χ1) is 4.29. The van der Waals surface area contributed by atoms with Crippen LogP contribution in [0.2, 0.25) is 0 Å². The van der Waals surface area contributed by atoms with Crippen LogP contribution < -0.4 is 0 Å². The lowest BCUT2D eigenvalue weighted by Gasteiger charge is -2.37. The Bertz CT molecular complexity index is 114. The second-order valence-electron chi connectivity index (χ2n) is 3.46. The fourth-order valence-electron chi connectivity index (χ4n) is 1.30. The Balaban J connectivity index is 1.81. The summed E-state index contributed by atoms with van der Waals surface area (Å²) in [5, 5.41) is 0. The van der Waals surface area contributed by atoms with E-state index in [9.17, 15) is 0 Å². The standard InChI is InChI=1S/C7H12O2/c1-7(4-8-5-7)2-6-3-9-6/h6H,2-5H2,1H3. The largest absolute Gasteiger partial charge is 0.380 e. The molecular formula is C7H12O2. The van der Waals surface area contributed by atoms with E-state index in [2.05, 4.69) is 6.92 Å². The normalized spacial score (nSPS) is 37.7. The van der Waals surface area contributed by atoms with Crippen molar-refractivity contribution in [2.24, 2.45) is 5.41 Å². The van der Waals surface area contributed by atoms with Crippen LogP contribution in [-0.4, -0.2) is 25.9 Å². The topological polar surface area (TPSA) is 21.8 Å². The molecule has 52 valence electrons. The highest BCUT2D eigenvalue weighted by Gasteiger charge is 2.39. The minimum Gasteiger partial charge on any atom is -0.380 e. The van der Waals surface area contributed by atoms with Gasteiger partial charge in [-0.2, -0.15) is 0 Å². The van der Waals surface area contributed by atoms with Crippen LogP contribution >= 0.6 is 0 Å². The highest BCUT2D eigenvalue weighted by atomic mass is 16.6. The summed E-state index contributed by atoms with van der Waals surface area (Å²) < 4.78 is 10.2. The molecule has 2 saturated heterocycles. The molecule has 0 radical (unpaired) electrons. The van der Waals surface area contributed by atoms with Gasteiger partial charge in [0.25, 0.3) is 0 Å². The Morgan fingerprint density at radius 3 is 2.56 bits per heavy atom. The number of epoxide rings is 1. The van der Waals surface area contributed by atoms with Crippen LogP contribution in [0.5, 0.6) is 0 Å². The van der Waals surface area contributed by atoms with Crippen molar-refractivity contribution in [2.45, 2.75) is 19.4 Å². The van der Waals surface area contributed by atoms with Crippen LogP contribution in [0, 0.1) is 5.41 Å². The molecule has 2 heterocycles. The molecule has 0 bridgehead atoms. The average molecular weight is 128 g/mol. The summed E-state index contributed by atoms with van der Waals surface area (Å²) in [7, 11) is 0. The van der Waals surface area contributed by atoms with Crippen LogP contribution in [0.25, 0.3) is 0 Å². The van der Waals surface area contributed by atoms with Gasteiger partial charge in [0.2, 0.25) is 0 Å². The first-order valence-electron chi connectivity index (χ1n) is 3.48. The molecule has 0 N–H and O–H groups in total. The van der Waals surface area contributed by atoms with Crippen LogP contribution in [0.1, 0.15) is 13.3 Å². The fourth-order valence-corrected chi connectivity index (χ4v) is 1.30. The zero-order valence-electron chi connectivity index (χ0n) is 5.72. The van der Waals surface area contributed by atoms with E-state index in [1.807, 2.05) is 0 Å². The maximum absolute atomic E-state index is 5.12. The summed E-state index contributed by atoms with van der Waals surface area (Å²) in [5.74, 6) is 0. The maximum atomic E-state index is 5.12. The maximum Gasteiger partial charge on any atom is 0.0816 e. The smallest absolute Gasteiger partial charge is 0.0816 e. The summed E-state index contributed by atoms with van der Waals surface area (Å²) >= 11 is 0. The number of hydrogen-bond acceptors (Lipinski definition) is 2. The summed E-state index contributed by atoms with van der Waals surface area (Å²) in [6, 6.07) is 0. The molecular weight excluding hydrogens is 116 g/mol. The van der Waals surface area contributed by atoms with Crippen LogP contribution in [0.3, 0.4) is 0 Å². The lowest BCUT2D eigenvalue weighted by molar-refractivity contribution is -0.108. The van der Waals surface area contributed by atoms with Gasteiger partial charge in [-0.1, -0.05) is 6.92 Å². The third kappa shape index (κ3) is 1.10. The predicted octanol–water partition coefficient (Wildman–Crippen LogP) is 0.812. The summed E-state index contributed by atoms with van der Waals surface area (Å²) in [4.78, 5) is 0. The molecule has 2 aliphatic rings. The SMILES string of the molecule is CC1(CC2CO2)COC1. The molecule has 0 aliphatic carbocycles. The van der Waals surface area contributed by atoms with Crippen LogP contribution in [0.4, 0.5) is 0 Å². The zero-order chi connectivity index (χ0) is 6.32. The van der Waals surface area contributed by atoms with Gasteiger partial charge in [-0.15, -0.1) is 0 Å². The van der Waals surface area contributed by atoms with Crippen molar-refractivity contribution >= 4 is 0 Å². The molecule has 0 spiro atoms. The van der Waals surface area contributed by atoms with E-state index in [4.69, 9.17) is 9.47 Å². The quantitative estimate of drug-likeness (QED) is 0.513. The number of rotatable bonds is 2. The van der Waals surface area contributed by atoms with Crippen LogP contribution in [0.15, 0.2) is 0 Å². The molecule has 1 atom stereocenters. The van der Waals surface area contributed by atoms with Crippen molar-refractivity contribution in [1.29, 1.82) is 0 Å². The summed E-state index contributed by atoms with van der Waals surface area (Å²) in [5.41, 5.74) is 0.459. The van der Waals surface area contributed by atoms with Crippen molar-refractivity contribution in [3.8, 4) is 0 Å². The Morgan fingerprint density at radius 2 is 2.22 bits per heavy atom. The third-order valence-corrected chi connectivity index (χ3v) is 2.02. The molecule has 2 heteroatoms. The molecule has 2 fully saturated rings. The van der Waals surface area contributed by atoms with E-state index < -0.39 is 0 Å². The number of hydrogen-bond donors (Lipinski definition) is 0. The Labute approximate surface area is 55.1 Å². The van der Waals surface area contributed by atoms with Crippen molar-refractivity contribution in [3.63, 3.8) is 0 Å². The van der Waals surface area contributed by atoms with Gasteiger partial charge in [0.05, 0.1) is 25.9 Å². The van der Waals surface area contributed by atoms with Crippen molar-refractivity contribution in [1.82, 2.24) is 0 Å². The molecule has 2 aliphatic heterocycles. The summed E-state index contributed by atoms with van der Waals surface area (Å²) in [6.07, 6.45) is 1.77. The van der Waals surface area contributed by atoms with Gasteiger partial charge in [0.15, 0.2) is 0 Å². The summed E-state index contributed by atoms with van der Waals surface area (Å²) in [6.45, 7) is 5.12. The first kappa shape index (κ1) is 5.69. The lowest BCUT2D eigenvalue weighted by Crippen LogP contribution is -2.40. The van der Waals surface area contributed by atoms with E-state index in [0.717, 1.165) is 19.8 Å². The zero-order valence-corrected chi connectivity index (χ0v) is 5.72. The van der Waals surface area contributed by atoms with Gasteiger partial charge in [-0.05, 0) is 6.42 Å². The fraction of sp³-hybridized carbons (Fsp3) is 1.00. The van der Waals surface area contributed by atoms with Crippen molar-refractivity contribution in [2.75, 3.05) is 19.8 Å². The third-order valence-electron chi connectivity index (χ3n) is 2.02. The minimum atomic E-state index is 0.459. The van der Waals surface area contributed by atoms with Gasteiger partial charge >= 0.3 is 0 Å². The monoisotopic (exact) mass is 128 g/mol. The Kier molecular flexibility index (Phi) is 1.08. The van der Waals surface area contributed by atoms with Crippen molar-refractivity contribution in [3.05, 3.63) is 0 Å². The van der Waals surface area contributed by atoms with E-state index in [0.29, 0.717) is 11.5 Å². The van der Waals surface area contributed by atoms with Gasteiger partial charge in [0.1, 0.15) is 0 Å². The minimum absolute atomic E-state index is 0.459. The van der Waals surface area contributed by atoms with E-state index >= 15 is 0 Å². The molecule has 0 aromatic rings. The van der Waals surface area contributed by atoms with Crippen molar-refractivity contribution < 1.29 is 9.47 Å². The molecule has 0 aromatic carbocycles. The van der Waals surface area contributed by atoms with Gasteiger partial charge in [0, 0.05) is 5.41 Å². The van der Waals surface area contributed by atoms with E-state index in [1.54, 1.807) is 0 Å². The number of ether oxygens (including phenoxy) is 2. The average Bonchev–Trinajstić information content (AvgIpc) is 2.46. The molecule has 0 saturated carbocycles. The highest BCUT2D eigenvalue weighted by molar-refractivity contribution is 4.87. The molecule has 2 nitrogen and oxygen atoms in total. The Morgan fingerprint density at radius 1 is 1.56 bits per heavy atom. The highest BCUT2D eigenvalue weighted by Crippen LogP contribution is 2.35. The second-order valence-corrected chi connectivity index (χ2v) is 3.46. The first-order valence-corrected chi connectivity index (χ1v) is 3.48. The molecule has 1 unspecified atom stereocenters. The molecule has 0 amide bonds. The van der Waals surface area contributed by atoms with Crippen LogP contribution in [-0.2, 0) is 9.47 Å². The molecule has 9 heavy (non-hydrogen) atoms. The van der Waals surface area contributed by atoms with E-state index in [1.165, 1.54) is 6.42 Å². The molecule has 0 aromatic heterocycles.